The van der Waals surface area contributed by atoms with Crippen LogP contribution in [0.4, 0.5) is 10.5 Å². The quantitative estimate of drug-likeness (QED) is 0.767. The molecule has 0 aliphatic carbocycles. The van der Waals surface area contributed by atoms with Gasteiger partial charge in [-0.2, -0.15) is 0 Å². The molecule has 3 heterocycles. The minimum atomic E-state index is -0.611. The normalized spacial score (nSPS) is 27.0. The van der Waals surface area contributed by atoms with Gasteiger partial charge in [-0.25, -0.2) is 4.79 Å². The van der Waals surface area contributed by atoms with E-state index in [9.17, 15) is 9.59 Å². The summed E-state index contributed by atoms with van der Waals surface area (Å²) in [5, 5.41) is 0. The zero-order valence-corrected chi connectivity index (χ0v) is 15.0. The largest absolute Gasteiger partial charge is 0.370 e. The molecule has 6 heteroatoms. The van der Waals surface area contributed by atoms with Crippen LogP contribution in [0, 0.1) is 0 Å². The number of carbonyl (C=O) groups excluding carboxylic acids is 2. The highest BCUT2D eigenvalue weighted by molar-refractivity contribution is 6.06. The lowest BCUT2D eigenvalue weighted by Gasteiger charge is -2.42. The second-order valence-corrected chi connectivity index (χ2v) is 7.50. The summed E-state index contributed by atoms with van der Waals surface area (Å²) >= 11 is 0. The predicted octanol–water partition coefficient (Wildman–Crippen LogP) is 1.62. The molecule has 3 saturated heterocycles. The molecular formula is C19H26N4O2. The van der Waals surface area contributed by atoms with Gasteiger partial charge in [0, 0.05) is 52.0 Å². The van der Waals surface area contributed by atoms with Crippen LogP contribution in [0.2, 0.25) is 0 Å². The number of carbonyl (C=O) groups is 2. The molecule has 0 aromatic heterocycles. The van der Waals surface area contributed by atoms with Crippen molar-refractivity contribution in [2.45, 2.75) is 30.8 Å². The Morgan fingerprint density at radius 1 is 1.00 bits per heavy atom. The van der Waals surface area contributed by atoms with Crippen molar-refractivity contribution in [3.05, 3.63) is 30.3 Å². The lowest BCUT2D eigenvalue weighted by Crippen LogP contribution is -2.57. The minimum absolute atomic E-state index is 0.0306. The van der Waals surface area contributed by atoms with Crippen LogP contribution in [-0.2, 0) is 4.79 Å². The van der Waals surface area contributed by atoms with Gasteiger partial charge in [0.05, 0.1) is 0 Å². The molecule has 134 valence electrons. The molecule has 3 aliphatic heterocycles. The molecule has 1 unspecified atom stereocenters. The van der Waals surface area contributed by atoms with Crippen LogP contribution in [0.15, 0.2) is 30.3 Å². The monoisotopic (exact) mass is 342 g/mol. The summed E-state index contributed by atoms with van der Waals surface area (Å²) in [7, 11) is 3.36. The molecule has 0 N–H and O–H groups in total. The number of urea groups is 1. The van der Waals surface area contributed by atoms with Crippen molar-refractivity contribution in [2.75, 3.05) is 45.2 Å². The molecule has 0 bridgehead atoms. The first kappa shape index (κ1) is 16.4. The number of hydrogen-bond acceptors (Lipinski definition) is 4. The van der Waals surface area contributed by atoms with Gasteiger partial charge < -0.3 is 9.80 Å². The number of likely N-dealkylation sites (N-methyl/N-ethyl adjacent to an activating group) is 2. The Balaban J connectivity index is 1.40. The van der Waals surface area contributed by atoms with Gasteiger partial charge in [-0.3, -0.25) is 14.6 Å². The van der Waals surface area contributed by atoms with E-state index in [1.807, 2.05) is 0 Å². The summed E-state index contributed by atoms with van der Waals surface area (Å²) < 4.78 is 0. The number of nitrogens with zero attached hydrogens (tertiary/aromatic N) is 4. The number of piperidine rings is 1. The Morgan fingerprint density at radius 2 is 1.68 bits per heavy atom. The van der Waals surface area contributed by atoms with Crippen molar-refractivity contribution in [1.29, 1.82) is 0 Å². The Morgan fingerprint density at radius 3 is 2.28 bits per heavy atom. The third-order valence-corrected chi connectivity index (χ3v) is 6.34. The summed E-state index contributed by atoms with van der Waals surface area (Å²) in [6, 6.07) is 10.9. The van der Waals surface area contributed by atoms with Gasteiger partial charge in [0.2, 0.25) is 0 Å². The van der Waals surface area contributed by atoms with Crippen molar-refractivity contribution >= 4 is 17.6 Å². The minimum Gasteiger partial charge on any atom is -0.370 e. The molecule has 3 fully saturated rings. The summed E-state index contributed by atoms with van der Waals surface area (Å²) in [6.45, 7) is 3.88. The Bertz CT molecular complexity index is 669. The van der Waals surface area contributed by atoms with E-state index in [0.29, 0.717) is 6.04 Å². The highest BCUT2D eigenvalue weighted by atomic mass is 16.2. The first-order valence-electron chi connectivity index (χ1n) is 9.13. The number of anilines is 1. The highest BCUT2D eigenvalue weighted by Gasteiger charge is 2.55. The Labute approximate surface area is 149 Å². The van der Waals surface area contributed by atoms with E-state index in [4.69, 9.17) is 0 Å². The van der Waals surface area contributed by atoms with Crippen molar-refractivity contribution < 1.29 is 9.59 Å². The first-order chi connectivity index (χ1) is 12.0. The van der Waals surface area contributed by atoms with Gasteiger partial charge in [-0.15, -0.1) is 0 Å². The fourth-order valence-corrected chi connectivity index (χ4v) is 4.67. The van der Waals surface area contributed by atoms with Crippen molar-refractivity contribution in [3.8, 4) is 0 Å². The number of likely N-dealkylation sites (tertiary alicyclic amines) is 1. The fraction of sp³-hybridized carbons (Fsp3) is 0.579. The van der Waals surface area contributed by atoms with E-state index in [-0.39, 0.29) is 11.9 Å². The van der Waals surface area contributed by atoms with Crippen LogP contribution >= 0.6 is 0 Å². The molecule has 3 aliphatic rings. The van der Waals surface area contributed by atoms with Gasteiger partial charge in [-0.1, -0.05) is 18.2 Å². The van der Waals surface area contributed by atoms with Crippen LogP contribution in [0.3, 0.4) is 0 Å². The van der Waals surface area contributed by atoms with E-state index < -0.39 is 5.54 Å². The SMILES string of the molecule is CN1C(=O)N(C)C2(CCN(C3CCN(c4ccccc4)C3)CC2)C1=O. The lowest BCUT2D eigenvalue weighted by molar-refractivity contribution is -0.134. The van der Waals surface area contributed by atoms with E-state index in [1.165, 1.54) is 10.6 Å². The molecule has 1 spiro atoms. The molecule has 0 saturated carbocycles. The summed E-state index contributed by atoms with van der Waals surface area (Å²) in [6.07, 6.45) is 2.63. The standard InChI is InChI=1S/C19H26N4O2/c1-20-17(24)19(21(2)18(20)25)9-12-22(13-10-19)16-8-11-23(14-16)15-6-4-3-5-7-15/h3-7,16H,8-14H2,1-2H3. The van der Waals surface area contributed by atoms with E-state index in [2.05, 4.69) is 40.1 Å². The second-order valence-electron chi connectivity index (χ2n) is 7.50. The first-order valence-corrected chi connectivity index (χ1v) is 9.13. The Hall–Kier alpha value is -2.08. The average molecular weight is 342 g/mol. The number of benzene rings is 1. The van der Waals surface area contributed by atoms with Crippen LogP contribution < -0.4 is 4.90 Å². The summed E-state index contributed by atoms with van der Waals surface area (Å²) in [5.74, 6) is -0.0306. The maximum absolute atomic E-state index is 12.6. The van der Waals surface area contributed by atoms with E-state index in [0.717, 1.165) is 45.4 Å². The molecule has 0 radical (unpaired) electrons. The number of hydrogen-bond donors (Lipinski definition) is 0. The third-order valence-electron chi connectivity index (χ3n) is 6.34. The van der Waals surface area contributed by atoms with Gasteiger partial charge in [0.25, 0.3) is 5.91 Å². The van der Waals surface area contributed by atoms with Gasteiger partial charge in [0.1, 0.15) is 5.54 Å². The van der Waals surface area contributed by atoms with Gasteiger partial charge in [0.15, 0.2) is 0 Å². The third kappa shape index (κ3) is 2.51. The number of rotatable bonds is 2. The Kier molecular flexibility index (Phi) is 3.95. The molecule has 3 amide bonds. The summed E-state index contributed by atoms with van der Waals surface area (Å²) in [5.41, 5.74) is 0.677. The van der Waals surface area contributed by atoms with Gasteiger partial charge >= 0.3 is 6.03 Å². The predicted molar refractivity (Wildman–Crippen MR) is 96.5 cm³/mol. The van der Waals surface area contributed by atoms with E-state index >= 15 is 0 Å². The summed E-state index contributed by atoms with van der Waals surface area (Å²) in [4.78, 5) is 32.6. The van der Waals surface area contributed by atoms with Crippen LogP contribution in [0.1, 0.15) is 19.3 Å². The molecule has 1 atom stereocenters. The molecule has 6 nitrogen and oxygen atoms in total. The molecule has 1 aromatic rings. The number of para-hydroxylation sites is 1. The van der Waals surface area contributed by atoms with Crippen LogP contribution in [0.25, 0.3) is 0 Å². The van der Waals surface area contributed by atoms with Crippen molar-refractivity contribution in [3.63, 3.8) is 0 Å². The molecule has 4 rings (SSSR count). The molecule has 1 aromatic carbocycles. The fourth-order valence-electron chi connectivity index (χ4n) is 4.67. The van der Waals surface area contributed by atoms with Crippen molar-refractivity contribution in [2.24, 2.45) is 0 Å². The second kappa shape index (κ2) is 6.02. The topological polar surface area (TPSA) is 47.1 Å². The van der Waals surface area contributed by atoms with Crippen LogP contribution in [0.5, 0.6) is 0 Å². The molecule has 25 heavy (non-hydrogen) atoms. The van der Waals surface area contributed by atoms with Crippen LogP contribution in [-0.4, -0.2) is 78.5 Å². The highest BCUT2D eigenvalue weighted by Crippen LogP contribution is 2.36. The smallest absolute Gasteiger partial charge is 0.327 e. The number of amides is 3. The lowest BCUT2D eigenvalue weighted by atomic mass is 9.85. The maximum atomic E-state index is 12.6. The van der Waals surface area contributed by atoms with Crippen molar-refractivity contribution in [1.82, 2.24) is 14.7 Å². The van der Waals surface area contributed by atoms with E-state index in [1.54, 1.807) is 19.0 Å². The zero-order chi connectivity index (χ0) is 17.6. The number of imide groups is 1. The van der Waals surface area contributed by atoms with Gasteiger partial charge in [-0.05, 0) is 31.4 Å². The molecular weight excluding hydrogens is 316 g/mol. The maximum Gasteiger partial charge on any atom is 0.327 e. The zero-order valence-electron chi connectivity index (χ0n) is 15.0. The average Bonchev–Trinajstić information content (AvgIpc) is 3.21.